The fourth-order valence-electron chi connectivity index (χ4n) is 7.54. The maximum atomic E-state index is 10.5. The zero-order valence-electron chi connectivity index (χ0n) is 25.6. The fourth-order valence-corrected chi connectivity index (χ4v) is 7.54. The van der Waals surface area contributed by atoms with Crippen LogP contribution in [-0.4, -0.2) is 25.5 Å². The summed E-state index contributed by atoms with van der Waals surface area (Å²) in [5.74, 6) is -4.23. The van der Waals surface area contributed by atoms with E-state index < -0.39 is 28.7 Å². The van der Waals surface area contributed by atoms with E-state index >= 15 is 0 Å². The van der Waals surface area contributed by atoms with Crippen molar-refractivity contribution in [2.24, 2.45) is 0 Å². The highest BCUT2D eigenvalue weighted by Crippen LogP contribution is 2.55. The first-order chi connectivity index (χ1) is 23.4. The molecular formula is C43H28O5. The highest BCUT2D eigenvalue weighted by Gasteiger charge is 2.25. The molecule has 230 valence electrons. The predicted octanol–water partition coefficient (Wildman–Crippen LogP) is 10.2. The summed E-state index contributed by atoms with van der Waals surface area (Å²) < 4.78 is 0. The van der Waals surface area contributed by atoms with Crippen LogP contribution in [0.5, 0.6) is 28.7 Å². The Kier molecular flexibility index (Phi) is 5.95. The van der Waals surface area contributed by atoms with Gasteiger partial charge in [-0.1, -0.05) is 115 Å². The monoisotopic (exact) mass is 624 g/mol. The summed E-state index contributed by atoms with van der Waals surface area (Å²) in [6.07, 6.45) is 0.922. The SMILES string of the molecule is Oc1c(O)c(O)c(-c2ccc(-c3c4ccccc4c(-c4ccc5c(c4)-c4cc6ccccc6cc4C5)c4ccccc34)cc2)c(O)c1O. The summed E-state index contributed by atoms with van der Waals surface area (Å²) >= 11 is 0. The molecule has 0 fully saturated rings. The Hall–Kier alpha value is -6.46. The molecule has 1 aliphatic carbocycles. The van der Waals surface area contributed by atoms with Crippen molar-refractivity contribution in [1.82, 2.24) is 0 Å². The Bertz CT molecular complexity index is 2550. The molecule has 0 atom stereocenters. The quantitative estimate of drug-likeness (QED) is 0.0765. The van der Waals surface area contributed by atoms with E-state index in [0.717, 1.165) is 44.7 Å². The molecule has 9 rings (SSSR count). The van der Waals surface area contributed by atoms with E-state index in [1.165, 1.54) is 38.6 Å². The highest BCUT2D eigenvalue weighted by molar-refractivity contribution is 6.21. The zero-order valence-corrected chi connectivity index (χ0v) is 25.6. The molecule has 5 N–H and O–H groups in total. The Morgan fingerprint density at radius 3 is 1.31 bits per heavy atom. The first-order valence-corrected chi connectivity index (χ1v) is 15.8. The molecule has 8 aromatic carbocycles. The lowest BCUT2D eigenvalue weighted by Gasteiger charge is -2.19. The van der Waals surface area contributed by atoms with E-state index in [1.54, 1.807) is 12.1 Å². The molecule has 0 aliphatic heterocycles. The van der Waals surface area contributed by atoms with E-state index in [4.69, 9.17) is 0 Å². The number of fused-ring (bicyclic) bond motifs is 6. The van der Waals surface area contributed by atoms with Crippen LogP contribution in [0.2, 0.25) is 0 Å². The number of hydrogen-bond donors (Lipinski definition) is 5. The summed E-state index contributed by atoms with van der Waals surface area (Å²) in [7, 11) is 0. The average Bonchev–Trinajstić information content (AvgIpc) is 3.48. The molecule has 0 amide bonds. The molecule has 1 aliphatic rings. The molecule has 0 aromatic heterocycles. The summed E-state index contributed by atoms with van der Waals surface area (Å²) in [6.45, 7) is 0. The van der Waals surface area contributed by atoms with Crippen molar-refractivity contribution in [3.8, 4) is 73.3 Å². The number of benzene rings is 8. The highest BCUT2D eigenvalue weighted by atomic mass is 16.4. The van der Waals surface area contributed by atoms with Gasteiger partial charge in [0.05, 0.1) is 5.56 Å². The molecule has 48 heavy (non-hydrogen) atoms. The standard InChI is InChI=1S/C43H28O5/c44-39-38(40(45)42(47)43(48)41(39)46)24-15-13-23(14-16-24)36-30-9-3-5-11-32(30)37(33-12-6-4-10-31(33)36)28-18-17-27-20-29-19-25-7-1-2-8-26(25)21-35(29)34(27)22-28/h1-19,21-22,44-48H,20H2. The first kappa shape index (κ1) is 27.8. The van der Waals surface area contributed by atoms with Crippen molar-refractivity contribution in [3.05, 3.63) is 139 Å². The molecule has 0 unspecified atom stereocenters. The fraction of sp³-hybridized carbons (Fsp3) is 0.0233. The van der Waals surface area contributed by atoms with Gasteiger partial charge < -0.3 is 25.5 Å². The lowest BCUT2D eigenvalue weighted by Crippen LogP contribution is -1.92. The number of rotatable bonds is 3. The molecule has 0 spiro atoms. The molecule has 0 saturated carbocycles. The number of phenols is 5. The van der Waals surface area contributed by atoms with Crippen LogP contribution in [0.4, 0.5) is 0 Å². The molecule has 0 radical (unpaired) electrons. The maximum absolute atomic E-state index is 10.5. The Morgan fingerprint density at radius 1 is 0.333 bits per heavy atom. The smallest absolute Gasteiger partial charge is 0.208 e. The van der Waals surface area contributed by atoms with Crippen molar-refractivity contribution < 1.29 is 25.5 Å². The van der Waals surface area contributed by atoms with Gasteiger partial charge in [-0.15, -0.1) is 0 Å². The third-order valence-corrected chi connectivity index (χ3v) is 9.81. The van der Waals surface area contributed by atoms with Gasteiger partial charge in [-0.05, 0) is 101 Å². The largest absolute Gasteiger partial charge is 0.504 e. The van der Waals surface area contributed by atoms with E-state index in [9.17, 15) is 25.5 Å². The minimum atomic E-state index is -0.982. The summed E-state index contributed by atoms with van der Waals surface area (Å²) in [6, 6.07) is 44.1. The third-order valence-electron chi connectivity index (χ3n) is 9.81. The topological polar surface area (TPSA) is 101 Å². The number of phenolic OH excluding ortho intramolecular Hbond substituents is 5. The van der Waals surface area contributed by atoms with Crippen molar-refractivity contribution in [3.63, 3.8) is 0 Å². The number of aromatic hydroxyl groups is 5. The molecule has 5 heteroatoms. The van der Waals surface area contributed by atoms with Crippen molar-refractivity contribution in [2.75, 3.05) is 0 Å². The van der Waals surface area contributed by atoms with E-state index in [0.29, 0.717) is 5.56 Å². The second-order valence-electron chi connectivity index (χ2n) is 12.4. The molecule has 0 saturated heterocycles. The lowest BCUT2D eigenvalue weighted by atomic mass is 9.85. The Labute approximate surface area is 275 Å². The van der Waals surface area contributed by atoms with Gasteiger partial charge in [0.15, 0.2) is 11.5 Å². The van der Waals surface area contributed by atoms with Crippen molar-refractivity contribution >= 4 is 32.3 Å². The van der Waals surface area contributed by atoms with E-state index in [1.807, 2.05) is 24.3 Å². The predicted molar refractivity (Wildman–Crippen MR) is 192 cm³/mol. The van der Waals surface area contributed by atoms with E-state index in [-0.39, 0.29) is 5.56 Å². The zero-order chi connectivity index (χ0) is 32.7. The molecule has 5 nitrogen and oxygen atoms in total. The normalized spacial score (nSPS) is 12.1. The van der Waals surface area contributed by atoms with Gasteiger partial charge in [0.1, 0.15) is 0 Å². The Morgan fingerprint density at radius 2 is 0.750 bits per heavy atom. The van der Waals surface area contributed by atoms with Crippen LogP contribution in [0.3, 0.4) is 0 Å². The van der Waals surface area contributed by atoms with Crippen LogP contribution >= 0.6 is 0 Å². The first-order valence-electron chi connectivity index (χ1n) is 15.8. The third kappa shape index (κ3) is 3.98. The molecular weight excluding hydrogens is 596 g/mol. The molecule has 8 aromatic rings. The average molecular weight is 625 g/mol. The molecule has 0 bridgehead atoms. The molecule has 0 heterocycles. The minimum absolute atomic E-state index is 0.175. The van der Waals surface area contributed by atoms with Gasteiger partial charge in [-0.3, -0.25) is 0 Å². The second-order valence-corrected chi connectivity index (χ2v) is 12.4. The summed E-state index contributed by atoms with van der Waals surface area (Å²) in [5.41, 5.74) is 9.72. The van der Waals surface area contributed by atoms with Crippen molar-refractivity contribution in [1.29, 1.82) is 0 Å². The van der Waals surface area contributed by atoms with Crippen molar-refractivity contribution in [2.45, 2.75) is 6.42 Å². The van der Waals surface area contributed by atoms with Gasteiger partial charge in [-0.2, -0.15) is 0 Å². The van der Waals surface area contributed by atoms with Gasteiger partial charge in [0, 0.05) is 0 Å². The van der Waals surface area contributed by atoms with Crippen LogP contribution in [0.25, 0.3) is 76.8 Å². The Balaban J connectivity index is 1.23. The summed E-state index contributed by atoms with van der Waals surface area (Å²) in [4.78, 5) is 0. The van der Waals surface area contributed by atoms with Crippen LogP contribution in [0, 0.1) is 0 Å². The lowest BCUT2D eigenvalue weighted by molar-refractivity contribution is 0.330. The van der Waals surface area contributed by atoms with Gasteiger partial charge in [0.2, 0.25) is 17.2 Å². The minimum Gasteiger partial charge on any atom is -0.504 e. The number of hydrogen-bond acceptors (Lipinski definition) is 5. The van der Waals surface area contributed by atoms with Crippen LogP contribution in [-0.2, 0) is 6.42 Å². The van der Waals surface area contributed by atoms with E-state index in [2.05, 4.69) is 91.0 Å². The van der Waals surface area contributed by atoms with Crippen LogP contribution < -0.4 is 0 Å². The van der Waals surface area contributed by atoms with Crippen LogP contribution in [0.1, 0.15) is 11.1 Å². The maximum Gasteiger partial charge on any atom is 0.208 e. The van der Waals surface area contributed by atoms with Gasteiger partial charge >= 0.3 is 0 Å². The van der Waals surface area contributed by atoms with Gasteiger partial charge in [0.25, 0.3) is 0 Å². The van der Waals surface area contributed by atoms with Gasteiger partial charge in [-0.25, -0.2) is 0 Å². The summed E-state index contributed by atoms with van der Waals surface area (Å²) in [5, 5.41) is 58.0. The second kappa shape index (κ2) is 10.3. The van der Waals surface area contributed by atoms with Crippen LogP contribution in [0.15, 0.2) is 127 Å².